The van der Waals surface area contributed by atoms with Gasteiger partial charge < -0.3 is 15.5 Å². The number of aliphatic carboxylic acids is 1. The van der Waals surface area contributed by atoms with Gasteiger partial charge in [-0.3, -0.25) is 4.79 Å². The first-order chi connectivity index (χ1) is 6.24. The Kier molecular flexibility index (Phi) is 4.18. The Labute approximate surface area is 78.0 Å². The molecule has 0 amide bonds. The molecular weight excluding hydrogens is 170 g/mol. The van der Waals surface area contributed by atoms with Crippen LogP contribution in [-0.4, -0.2) is 35.9 Å². The molecule has 1 saturated carbocycles. The fourth-order valence-electron chi connectivity index (χ4n) is 1.99. The van der Waals surface area contributed by atoms with Gasteiger partial charge in [0.2, 0.25) is 0 Å². The average molecular weight is 187 g/mol. The zero-order chi connectivity index (χ0) is 9.68. The van der Waals surface area contributed by atoms with Gasteiger partial charge in [-0.15, -0.1) is 0 Å². The molecule has 0 aromatic carbocycles. The lowest BCUT2D eigenvalue weighted by Crippen LogP contribution is -2.30. The van der Waals surface area contributed by atoms with Gasteiger partial charge in [-0.2, -0.15) is 0 Å². The minimum atomic E-state index is -0.821. The van der Waals surface area contributed by atoms with Gasteiger partial charge in [0.25, 0.3) is 0 Å². The van der Waals surface area contributed by atoms with Gasteiger partial charge in [0.05, 0.1) is 6.54 Å². The standard InChI is InChI=1S/C9H17NO3/c11-6-8-3-1-2-7(8)4-10-5-9(12)13/h7-8,10-11H,1-6H2,(H,12,13). The van der Waals surface area contributed by atoms with Crippen molar-refractivity contribution in [1.82, 2.24) is 5.32 Å². The predicted molar refractivity (Wildman–Crippen MR) is 48.4 cm³/mol. The molecule has 1 aliphatic carbocycles. The molecule has 0 bridgehead atoms. The van der Waals surface area contributed by atoms with E-state index in [0.717, 1.165) is 25.8 Å². The molecular formula is C9H17NO3. The van der Waals surface area contributed by atoms with Crippen molar-refractivity contribution in [3.8, 4) is 0 Å². The molecule has 0 aliphatic heterocycles. The lowest BCUT2D eigenvalue weighted by atomic mass is 9.97. The summed E-state index contributed by atoms with van der Waals surface area (Å²) in [5.41, 5.74) is 0. The summed E-state index contributed by atoms with van der Waals surface area (Å²) in [5.74, 6) is 0.0178. The normalized spacial score (nSPS) is 27.8. The maximum atomic E-state index is 10.2. The lowest BCUT2D eigenvalue weighted by molar-refractivity contribution is -0.136. The summed E-state index contributed by atoms with van der Waals surface area (Å²) >= 11 is 0. The van der Waals surface area contributed by atoms with E-state index in [9.17, 15) is 4.79 Å². The van der Waals surface area contributed by atoms with Crippen molar-refractivity contribution in [3.63, 3.8) is 0 Å². The largest absolute Gasteiger partial charge is 0.480 e. The molecule has 4 nitrogen and oxygen atoms in total. The van der Waals surface area contributed by atoms with E-state index in [1.54, 1.807) is 0 Å². The highest BCUT2D eigenvalue weighted by Gasteiger charge is 2.25. The Morgan fingerprint density at radius 2 is 2.08 bits per heavy atom. The van der Waals surface area contributed by atoms with E-state index in [4.69, 9.17) is 10.2 Å². The van der Waals surface area contributed by atoms with Crippen LogP contribution in [-0.2, 0) is 4.79 Å². The molecule has 0 aromatic rings. The molecule has 0 heterocycles. The van der Waals surface area contributed by atoms with Crippen molar-refractivity contribution in [2.75, 3.05) is 19.7 Å². The van der Waals surface area contributed by atoms with Crippen LogP contribution in [0.15, 0.2) is 0 Å². The van der Waals surface area contributed by atoms with Gasteiger partial charge in [-0.05, 0) is 31.2 Å². The van der Waals surface area contributed by atoms with Crippen LogP contribution in [0.25, 0.3) is 0 Å². The molecule has 76 valence electrons. The highest BCUT2D eigenvalue weighted by atomic mass is 16.4. The third-order valence-corrected chi connectivity index (χ3v) is 2.73. The van der Waals surface area contributed by atoms with Crippen molar-refractivity contribution in [2.24, 2.45) is 11.8 Å². The van der Waals surface area contributed by atoms with Crippen molar-refractivity contribution >= 4 is 5.97 Å². The fraction of sp³-hybridized carbons (Fsp3) is 0.889. The van der Waals surface area contributed by atoms with Crippen LogP contribution >= 0.6 is 0 Å². The van der Waals surface area contributed by atoms with Crippen LogP contribution in [0, 0.1) is 11.8 Å². The number of carboxylic acid groups (broad SMARTS) is 1. The van der Waals surface area contributed by atoms with Gasteiger partial charge in [-0.25, -0.2) is 0 Å². The van der Waals surface area contributed by atoms with Crippen LogP contribution in [0.4, 0.5) is 0 Å². The SMILES string of the molecule is O=C(O)CNCC1CCCC1CO. The number of nitrogens with one attached hydrogen (secondary N) is 1. The van der Waals surface area contributed by atoms with E-state index in [2.05, 4.69) is 5.32 Å². The second-order valence-electron chi connectivity index (χ2n) is 3.66. The number of aliphatic hydroxyl groups is 1. The van der Waals surface area contributed by atoms with Crippen LogP contribution in [0.2, 0.25) is 0 Å². The molecule has 2 atom stereocenters. The Morgan fingerprint density at radius 3 is 2.69 bits per heavy atom. The average Bonchev–Trinajstić information content (AvgIpc) is 2.51. The number of hydrogen-bond acceptors (Lipinski definition) is 3. The minimum Gasteiger partial charge on any atom is -0.480 e. The molecule has 2 unspecified atom stereocenters. The predicted octanol–water partition coefficient (Wildman–Crippen LogP) is 0.0692. The Morgan fingerprint density at radius 1 is 1.38 bits per heavy atom. The zero-order valence-electron chi connectivity index (χ0n) is 7.70. The highest BCUT2D eigenvalue weighted by Crippen LogP contribution is 2.30. The highest BCUT2D eigenvalue weighted by molar-refractivity contribution is 5.68. The molecule has 1 rings (SSSR count). The molecule has 0 radical (unpaired) electrons. The second kappa shape index (κ2) is 5.19. The van der Waals surface area contributed by atoms with Crippen molar-refractivity contribution < 1.29 is 15.0 Å². The van der Waals surface area contributed by atoms with Gasteiger partial charge in [0.1, 0.15) is 0 Å². The van der Waals surface area contributed by atoms with Crippen LogP contribution in [0.3, 0.4) is 0 Å². The Bertz CT molecular complexity index is 172. The summed E-state index contributed by atoms with van der Waals surface area (Å²) in [6.45, 7) is 0.978. The fourth-order valence-corrected chi connectivity index (χ4v) is 1.99. The van der Waals surface area contributed by atoms with Crippen molar-refractivity contribution in [1.29, 1.82) is 0 Å². The third-order valence-electron chi connectivity index (χ3n) is 2.73. The quantitative estimate of drug-likeness (QED) is 0.569. The third kappa shape index (κ3) is 3.32. The molecule has 0 saturated heterocycles. The molecule has 0 aromatic heterocycles. The number of carbonyl (C=O) groups is 1. The summed E-state index contributed by atoms with van der Waals surface area (Å²) in [4.78, 5) is 10.2. The summed E-state index contributed by atoms with van der Waals surface area (Å²) in [6, 6.07) is 0. The second-order valence-corrected chi connectivity index (χ2v) is 3.66. The van der Waals surface area contributed by atoms with E-state index in [1.807, 2.05) is 0 Å². The minimum absolute atomic E-state index is 0.0225. The van der Waals surface area contributed by atoms with Gasteiger partial charge in [0.15, 0.2) is 0 Å². The molecule has 1 aliphatic rings. The molecule has 0 spiro atoms. The smallest absolute Gasteiger partial charge is 0.317 e. The summed E-state index contributed by atoms with van der Waals surface area (Å²) in [7, 11) is 0. The number of rotatable bonds is 5. The Hall–Kier alpha value is -0.610. The summed E-state index contributed by atoms with van der Waals surface area (Å²) < 4.78 is 0. The van der Waals surface area contributed by atoms with Crippen molar-refractivity contribution in [3.05, 3.63) is 0 Å². The molecule has 4 heteroatoms. The topological polar surface area (TPSA) is 69.6 Å². The maximum Gasteiger partial charge on any atom is 0.317 e. The summed E-state index contributed by atoms with van der Waals surface area (Å²) in [5, 5.41) is 20.3. The molecule has 13 heavy (non-hydrogen) atoms. The van der Waals surface area contributed by atoms with E-state index >= 15 is 0 Å². The molecule has 1 fully saturated rings. The van der Waals surface area contributed by atoms with Crippen LogP contribution in [0.5, 0.6) is 0 Å². The van der Waals surface area contributed by atoms with E-state index in [1.165, 1.54) is 0 Å². The number of hydrogen-bond donors (Lipinski definition) is 3. The van der Waals surface area contributed by atoms with E-state index in [0.29, 0.717) is 11.8 Å². The number of carboxylic acids is 1. The van der Waals surface area contributed by atoms with Gasteiger partial charge in [-0.1, -0.05) is 6.42 Å². The van der Waals surface area contributed by atoms with Gasteiger partial charge in [0, 0.05) is 6.61 Å². The van der Waals surface area contributed by atoms with E-state index < -0.39 is 5.97 Å². The molecule has 3 N–H and O–H groups in total. The maximum absolute atomic E-state index is 10.2. The van der Waals surface area contributed by atoms with Crippen molar-refractivity contribution in [2.45, 2.75) is 19.3 Å². The van der Waals surface area contributed by atoms with Crippen LogP contribution < -0.4 is 5.32 Å². The van der Waals surface area contributed by atoms with E-state index in [-0.39, 0.29) is 13.2 Å². The zero-order valence-corrected chi connectivity index (χ0v) is 7.70. The first-order valence-electron chi connectivity index (χ1n) is 4.77. The monoisotopic (exact) mass is 187 g/mol. The van der Waals surface area contributed by atoms with Crippen LogP contribution in [0.1, 0.15) is 19.3 Å². The first-order valence-corrected chi connectivity index (χ1v) is 4.77. The first kappa shape index (κ1) is 10.5. The van der Waals surface area contributed by atoms with Gasteiger partial charge >= 0.3 is 5.97 Å². The Balaban J connectivity index is 2.16. The number of aliphatic hydroxyl groups excluding tert-OH is 1. The lowest BCUT2D eigenvalue weighted by Gasteiger charge is -2.16. The summed E-state index contributed by atoms with van der Waals surface area (Å²) in [6.07, 6.45) is 3.35.